The van der Waals surface area contributed by atoms with E-state index in [1.165, 1.54) is 5.56 Å². The summed E-state index contributed by atoms with van der Waals surface area (Å²) in [6, 6.07) is 14.7. The molecule has 0 bridgehead atoms. The van der Waals surface area contributed by atoms with Crippen LogP contribution in [0, 0.1) is 0 Å². The standard InChI is InChI=1S/C31H38BrN5O2/c1-30(2,39)19-37-16-14-21(15-17-37)20-8-11-23(12-9-20)34-29-33-18-24(32)25(36-29)13-10-22-6-5-7-26-27(22)31(3,4)28(38)35-26/h5-9,11-12,18,21,39H,10,13-17,19H2,1-4H3,(H,35,38)(H,33,34,36). The van der Waals surface area contributed by atoms with Gasteiger partial charge in [-0.05, 0) is 123 Å². The molecule has 2 aliphatic rings. The number of likely N-dealkylation sites (tertiary alicyclic amines) is 1. The van der Waals surface area contributed by atoms with E-state index in [0.717, 1.165) is 78.0 Å². The first kappa shape index (κ1) is 27.7. The van der Waals surface area contributed by atoms with Gasteiger partial charge in [-0.1, -0.05) is 24.3 Å². The van der Waals surface area contributed by atoms with Crippen molar-refractivity contribution >= 4 is 39.2 Å². The van der Waals surface area contributed by atoms with Gasteiger partial charge in [0.05, 0.1) is 21.2 Å². The van der Waals surface area contributed by atoms with Gasteiger partial charge >= 0.3 is 0 Å². The summed E-state index contributed by atoms with van der Waals surface area (Å²) in [7, 11) is 0. The number of piperidine rings is 1. The lowest BCUT2D eigenvalue weighted by molar-refractivity contribution is -0.119. The van der Waals surface area contributed by atoms with E-state index in [9.17, 15) is 9.90 Å². The molecule has 3 N–H and O–H groups in total. The number of amides is 1. The van der Waals surface area contributed by atoms with Crippen LogP contribution < -0.4 is 10.6 Å². The van der Waals surface area contributed by atoms with Crippen LogP contribution >= 0.6 is 15.9 Å². The highest BCUT2D eigenvalue weighted by atomic mass is 79.9. The molecular formula is C31H38BrN5O2. The van der Waals surface area contributed by atoms with Crippen molar-refractivity contribution in [1.82, 2.24) is 14.9 Å². The van der Waals surface area contributed by atoms with Crippen LogP contribution in [-0.2, 0) is 23.1 Å². The summed E-state index contributed by atoms with van der Waals surface area (Å²) in [6.45, 7) is 10.5. The van der Waals surface area contributed by atoms with Gasteiger partial charge in [-0.2, -0.15) is 0 Å². The summed E-state index contributed by atoms with van der Waals surface area (Å²) in [4.78, 5) is 24.1. The number of aliphatic hydroxyl groups is 1. The van der Waals surface area contributed by atoms with E-state index in [1.807, 2.05) is 39.8 Å². The quantitative estimate of drug-likeness (QED) is 0.300. The molecule has 0 unspecified atom stereocenters. The van der Waals surface area contributed by atoms with E-state index in [-0.39, 0.29) is 5.91 Å². The number of carbonyl (C=O) groups is 1. The van der Waals surface area contributed by atoms with Crippen LogP contribution in [0.25, 0.3) is 0 Å². The maximum atomic E-state index is 12.5. The summed E-state index contributed by atoms with van der Waals surface area (Å²) < 4.78 is 0.875. The van der Waals surface area contributed by atoms with Crippen LogP contribution in [-0.4, -0.2) is 51.1 Å². The summed E-state index contributed by atoms with van der Waals surface area (Å²) in [5.41, 5.74) is 5.21. The maximum Gasteiger partial charge on any atom is 0.234 e. The van der Waals surface area contributed by atoms with E-state index < -0.39 is 11.0 Å². The number of carbonyl (C=O) groups excluding carboxylic acids is 1. The third-order valence-corrected chi connectivity index (χ3v) is 8.54. The smallest absolute Gasteiger partial charge is 0.234 e. The Morgan fingerprint density at radius 1 is 1.13 bits per heavy atom. The molecule has 3 heterocycles. The zero-order valence-corrected chi connectivity index (χ0v) is 24.8. The van der Waals surface area contributed by atoms with Crippen LogP contribution in [0.2, 0.25) is 0 Å². The largest absolute Gasteiger partial charge is 0.389 e. The number of anilines is 3. The Labute approximate surface area is 239 Å². The number of nitrogens with zero attached hydrogens (tertiary/aromatic N) is 3. The van der Waals surface area contributed by atoms with Gasteiger partial charge < -0.3 is 20.6 Å². The van der Waals surface area contributed by atoms with Gasteiger partial charge in [-0.15, -0.1) is 0 Å². The molecule has 0 saturated carbocycles. The predicted molar refractivity (Wildman–Crippen MR) is 160 cm³/mol. The normalized spacial score (nSPS) is 17.6. The average Bonchev–Trinajstić information content (AvgIpc) is 3.12. The number of hydrogen-bond donors (Lipinski definition) is 3. The fourth-order valence-electron chi connectivity index (χ4n) is 5.87. The van der Waals surface area contributed by atoms with E-state index >= 15 is 0 Å². The Bertz CT molecular complexity index is 1340. The van der Waals surface area contributed by atoms with Crippen molar-refractivity contribution < 1.29 is 9.90 Å². The van der Waals surface area contributed by atoms with Crippen molar-refractivity contribution in [2.75, 3.05) is 30.3 Å². The second kappa shape index (κ2) is 11.0. The molecule has 39 heavy (non-hydrogen) atoms. The van der Waals surface area contributed by atoms with Crippen molar-refractivity contribution in [2.24, 2.45) is 0 Å². The number of nitrogens with one attached hydrogen (secondary N) is 2. The Morgan fingerprint density at radius 2 is 1.85 bits per heavy atom. The van der Waals surface area contributed by atoms with Gasteiger partial charge in [0.25, 0.3) is 0 Å². The minimum Gasteiger partial charge on any atom is -0.389 e. The third kappa shape index (κ3) is 6.34. The zero-order chi connectivity index (χ0) is 27.8. The van der Waals surface area contributed by atoms with E-state index in [1.54, 1.807) is 6.20 Å². The molecule has 0 radical (unpaired) electrons. The molecule has 8 heteroatoms. The highest BCUT2D eigenvalue weighted by molar-refractivity contribution is 9.10. The number of benzene rings is 2. The monoisotopic (exact) mass is 591 g/mol. The molecule has 7 nitrogen and oxygen atoms in total. The van der Waals surface area contributed by atoms with Crippen molar-refractivity contribution in [3.63, 3.8) is 0 Å². The average molecular weight is 593 g/mol. The SMILES string of the molecule is CC(C)(O)CN1CCC(c2ccc(Nc3ncc(Br)c(CCc4cccc5c4C(C)(C)C(=O)N5)n3)cc2)CC1. The van der Waals surface area contributed by atoms with Gasteiger partial charge in [0.1, 0.15) is 0 Å². The molecule has 1 aromatic heterocycles. The van der Waals surface area contributed by atoms with E-state index in [2.05, 4.69) is 66.8 Å². The number of rotatable bonds is 8. The summed E-state index contributed by atoms with van der Waals surface area (Å²) in [5, 5.41) is 16.5. The Kier molecular flexibility index (Phi) is 7.82. The number of halogens is 1. The first-order chi connectivity index (χ1) is 18.5. The summed E-state index contributed by atoms with van der Waals surface area (Å²) in [6.07, 6.45) is 5.51. The lowest BCUT2D eigenvalue weighted by Gasteiger charge is -2.35. The Balaban J connectivity index is 1.21. The molecule has 3 aromatic rings. The fourth-order valence-corrected chi connectivity index (χ4v) is 6.26. The van der Waals surface area contributed by atoms with E-state index in [4.69, 9.17) is 4.98 Å². The van der Waals surface area contributed by atoms with Crippen LogP contribution in [0.4, 0.5) is 17.3 Å². The molecule has 1 saturated heterocycles. The van der Waals surface area contributed by atoms with Gasteiger partial charge in [0.2, 0.25) is 11.9 Å². The molecule has 0 spiro atoms. The van der Waals surface area contributed by atoms with Gasteiger partial charge in [0.15, 0.2) is 0 Å². The molecule has 1 fully saturated rings. The zero-order valence-electron chi connectivity index (χ0n) is 23.2. The van der Waals surface area contributed by atoms with Crippen LogP contribution in [0.15, 0.2) is 53.1 Å². The van der Waals surface area contributed by atoms with Crippen molar-refractivity contribution in [3.05, 3.63) is 75.5 Å². The molecule has 1 amide bonds. The number of aromatic nitrogens is 2. The minimum atomic E-state index is -0.647. The topological polar surface area (TPSA) is 90.4 Å². The van der Waals surface area contributed by atoms with Crippen molar-refractivity contribution in [1.29, 1.82) is 0 Å². The van der Waals surface area contributed by atoms with Crippen LogP contribution in [0.1, 0.15) is 68.8 Å². The number of fused-ring (bicyclic) bond motifs is 1. The van der Waals surface area contributed by atoms with Crippen LogP contribution in [0.5, 0.6) is 0 Å². The first-order valence-corrected chi connectivity index (χ1v) is 14.6. The second-order valence-corrected chi connectivity index (χ2v) is 12.9. The number of hydrogen-bond acceptors (Lipinski definition) is 6. The minimum absolute atomic E-state index is 0.0434. The van der Waals surface area contributed by atoms with Gasteiger partial charge in [-0.3, -0.25) is 4.79 Å². The molecule has 206 valence electrons. The molecule has 2 aromatic carbocycles. The van der Waals surface area contributed by atoms with Crippen molar-refractivity contribution in [2.45, 2.75) is 70.3 Å². The summed E-state index contributed by atoms with van der Waals surface area (Å²) >= 11 is 3.62. The molecular weight excluding hydrogens is 554 g/mol. The van der Waals surface area contributed by atoms with Gasteiger partial charge in [0, 0.05) is 24.1 Å². The Hall–Kier alpha value is -2.81. The van der Waals surface area contributed by atoms with Crippen molar-refractivity contribution in [3.8, 4) is 0 Å². The second-order valence-electron chi connectivity index (χ2n) is 12.0. The molecule has 5 rings (SSSR count). The fraction of sp³-hybridized carbons (Fsp3) is 0.452. The van der Waals surface area contributed by atoms with E-state index in [0.29, 0.717) is 11.9 Å². The highest BCUT2D eigenvalue weighted by Crippen LogP contribution is 2.40. The number of aryl methyl sites for hydroxylation is 2. The lowest BCUT2D eigenvalue weighted by atomic mass is 9.82. The predicted octanol–water partition coefficient (Wildman–Crippen LogP) is 5.95. The third-order valence-electron chi connectivity index (χ3n) is 7.88. The first-order valence-electron chi connectivity index (χ1n) is 13.8. The molecule has 2 aliphatic heterocycles. The lowest BCUT2D eigenvalue weighted by Crippen LogP contribution is -2.42. The molecule has 0 atom stereocenters. The highest BCUT2D eigenvalue weighted by Gasteiger charge is 2.39. The molecule has 0 aliphatic carbocycles. The van der Waals surface area contributed by atoms with Crippen LogP contribution in [0.3, 0.4) is 0 Å². The van der Waals surface area contributed by atoms with Gasteiger partial charge in [-0.25, -0.2) is 9.97 Å². The summed E-state index contributed by atoms with van der Waals surface area (Å²) in [5.74, 6) is 1.15. The Morgan fingerprint density at radius 3 is 2.54 bits per heavy atom. The maximum absolute atomic E-state index is 12.5. The number of β-amino-alcohol motifs (C(OH)–C–C–N with tert-alkyl or cyclic N) is 1.